The monoisotopic (exact) mass is 752 g/mol. The number of piperazine rings is 1. The molecule has 0 spiro atoms. The van der Waals surface area contributed by atoms with Crippen molar-refractivity contribution in [2.75, 3.05) is 39.3 Å². The number of alkyl carbamates (subject to hydrolysis) is 1. The Bertz CT molecular complexity index is 1870. The lowest BCUT2D eigenvalue weighted by Crippen LogP contribution is -2.66. The minimum atomic E-state index is -1.04. The molecular weight excluding hydrogens is 704 g/mol. The molecule has 1 unspecified atom stereocenters. The third-order valence-electron chi connectivity index (χ3n) is 10.0. The molecule has 14 nitrogen and oxygen atoms in total. The number of nitrogens with one attached hydrogen (secondary N) is 4. The van der Waals surface area contributed by atoms with Crippen LogP contribution < -0.4 is 21.3 Å². The predicted molar refractivity (Wildman–Crippen MR) is 203 cm³/mol. The number of carbonyl (C=O) groups excluding carboxylic acids is 6. The fraction of sp³-hybridized carbons (Fsp3) is 0.415. The lowest BCUT2D eigenvalue weighted by molar-refractivity contribution is -0.142. The third-order valence-corrected chi connectivity index (χ3v) is 10.0. The summed E-state index contributed by atoms with van der Waals surface area (Å²) < 4.78 is 11.0. The zero-order valence-electron chi connectivity index (χ0n) is 31.3. The maximum absolute atomic E-state index is 13.4. The highest BCUT2D eigenvalue weighted by Crippen LogP contribution is 2.44. The van der Waals surface area contributed by atoms with E-state index in [0.29, 0.717) is 13.1 Å². The van der Waals surface area contributed by atoms with E-state index in [1.54, 1.807) is 9.80 Å². The number of fused-ring (bicyclic) bond motifs is 6. The molecule has 4 N–H and O–H groups in total. The van der Waals surface area contributed by atoms with Gasteiger partial charge in [-0.15, -0.1) is 0 Å². The van der Waals surface area contributed by atoms with Crippen molar-refractivity contribution >= 4 is 35.8 Å². The largest absolute Gasteiger partial charge is 0.449 e. The molecule has 4 aliphatic rings. The van der Waals surface area contributed by atoms with E-state index in [4.69, 9.17) is 9.47 Å². The summed E-state index contributed by atoms with van der Waals surface area (Å²) in [5.41, 5.74) is 4.47. The second kappa shape index (κ2) is 17.0. The van der Waals surface area contributed by atoms with Gasteiger partial charge in [0.1, 0.15) is 24.8 Å². The van der Waals surface area contributed by atoms with Gasteiger partial charge in [0.05, 0.1) is 19.1 Å². The van der Waals surface area contributed by atoms with Crippen LogP contribution >= 0.6 is 0 Å². The molecule has 0 aromatic heterocycles. The minimum Gasteiger partial charge on any atom is -0.449 e. The van der Waals surface area contributed by atoms with E-state index in [0.717, 1.165) is 40.7 Å². The van der Waals surface area contributed by atoms with E-state index in [1.807, 2.05) is 99.6 Å². The molecule has 290 valence electrons. The fourth-order valence-corrected chi connectivity index (χ4v) is 7.41. The second-order valence-electron chi connectivity index (χ2n) is 15.0. The van der Waals surface area contributed by atoms with E-state index in [2.05, 4.69) is 21.3 Å². The number of rotatable bonds is 12. The summed E-state index contributed by atoms with van der Waals surface area (Å²) in [4.78, 5) is 80.8. The summed E-state index contributed by atoms with van der Waals surface area (Å²) in [6, 6.07) is 23.6. The number of piperidine rings is 2. The van der Waals surface area contributed by atoms with E-state index in [9.17, 15) is 28.8 Å². The van der Waals surface area contributed by atoms with Gasteiger partial charge in [-0.25, -0.2) is 9.59 Å². The summed E-state index contributed by atoms with van der Waals surface area (Å²) in [5.74, 6) is -2.24. The number of amides is 6. The summed E-state index contributed by atoms with van der Waals surface area (Å²) in [6.07, 6.45) is 0.471. The van der Waals surface area contributed by atoms with Gasteiger partial charge in [0.25, 0.3) is 0 Å². The molecule has 3 aromatic carbocycles. The zero-order valence-corrected chi connectivity index (χ0v) is 31.3. The summed E-state index contributed by atoms with van der Waals surface area (Å²) in [6.45, 7) is 5.07. The Labute approximate surface area is 320 Å². The summed E-state index contributed by atoms with van der Waals surface area (Å²) in [5, 5.41) is 10.2. The summed E-state index contributed by atoms with van der Waals surface area (Å²) >= 11 is 0. The Kier molecular flexibility index (Phi) is 12.0. The van der Waals surface area contributed by atoms with Crippen LogP contribution in [-0.2, 0) is 35.1 Å². The highest BCUT2D eigenvalue weighted by atomic mass is 16.6. The predicted octanol–water partition coefficient (Wildman–Crippen LogP) is 3.10. The molecule has 6 amide bonds. The van der Waals surface area contributed by atoms with Crippen molar-refractivity contribution < 1.29 is 38.2 Å². The van der Waals surface area contributed by atoms with Crippen LogP contribution in [0.5, 0.6) is 0 Å². The van der Waals surface area contributed by atoms with Gasteiger partial charge in [-0.2, -0.15) is 0 Å². The Morgan fingerprint density at radius 1 is 0.709 bits per heavy atom. The second-order valence-corrected chi connectivity index (χ2v) is 15.0. The van der Waals surface area contributed by atoms with Crippen LogP contribution in [0.3, 0.4) is 0 Å². The highest BCUT2D eigenvalue weighted by molar-refractivity contribution is 5.93. The lowest BCUT2D eigenvalue weighted by Gasteiger charge is -2.51. The molecule has 0 radical (unpaired) electrons. The van der Waals surface area contributed by atoms with Gasteiger partial charge in [0.15, 0.2) is 0 Å². The fourth-order valence-electron chi connectivity index (χ4n) is 7.41. The molecule has 3 aromatic rings. The third kappa shape index (κ3) is 9.80. The molecule has 3 atom stereocenters. The van der Waals surface area contributed by atoms with Crippen molar-refractivity contribution in [2.24, 2.45) is 0 Å². The first kappa shape index (κ1) is 38.8. The standard InChI is InChI=1S/C41H48N6O8/c1-41(2,3)55-40(53)47-24-27-17-18-28(47)23-46(27)37(50)22-43-38(51)34(19-26-11-5-4-6-12-26)45-36(49)21-42-35(48)20-44-39(52)54-25-33-31-15-9-7-13-29(31)30-14-8-10-16-32(30)33/h4-16,27-28,33-34H,17-25H2,1-3H3,(H,42,48)(H,43,51)(H,44,52)(H,45,49)/t27?,28-,34+/m1/s1. The maximum Gasteiger partial charge on any atom is 0.410 e. The average molecular weight is 753 g/mol. The van der Waals surface area contributed by atoms with Crippen molar-refractivity contribution in [3.05, 3.63) is 95.6 Å². The zero-order chi connectivity index (χ0) is 39.1. The molecule has 55 heavy (non-hydrogen) atoms. The Morgan fingerprint density at radius 3 is 1.91 bits per heavy atom. The normalized spacial score (nSPS) is 17.7. The summed E-state index contributed by atoms with van der Waals surface area (Å²) in [7, 11) is 0. The number of nitrogens with zero attached hydrogens (tertiary/aromatic N) is 2. The van der Waals surface area contributed by atoms with E-state index in [1.165, 1.54) is 0 Å². The van der Waals surface area contributed by atoms with Crippen molar-refractivity contribution in [2.45, 2.75) is 69.7 Å². The van der Waals surface area contributed by atoms with E-state index >= 15 is 0 Å². The smallest absolute Gasteiger partial charge is 0.410 e. The topological polar surface area (TPSA) is 175 Å². The minimum absolute atomic E-state index is 0.0895. The van der Waals surface area contributed by atoms with Crippen molar-refractivity contribution in [1.82, 2.24) is 31.1 Å². The van der Waals surface area contributed by atoms with Crippen LogP contribution in [0, 0.1) is 0 Å². The molecule has 3 aliphatic heterocycles. The Balaban J connectivity index is 0.951. The van der Waals surface area contributed by atoms with Gasteiger partial charge in [-0.1, -0.05) is 78.9 Å². The van der Waals surface area contributed by atoms with Crippen molar-refractivity contribution in [1.29, 1.82) is 0 Å². The molecule has 2 bridgehead atoms. The number of hydrogen-bond donors (Lipinski definition) is 4. The SMILES string of the molecule is CC(C)(C)OC(=O)N1CC2CC[C@@H]1CN2C(=O)CNC(=O)[C@H](Cc1ccccc1)NC(=O)CNC(=O)CNC(=O)OCC1c2ccccc2-c2ccccc21. The molecule has 3 heterocycles. The van der Waals surface area contributed by atoms with Gasteiger partial charge in [0.2, 0.25) is 23.6 Å². The van der Waals surface area contributed by atoms with E-state index in [-0.39, 0.29) is 43.5 Å². The van der Waals surface area contributed by atoms with Crippen LogP contribution in [0.15, 0.2) is 78.9 Å². The molecule has 0 saturated carbocycles. The number of benzene rings is 3. The Hall–Kier alpha value is -5.92. The Morgan fingerprint density at radius 2 is 1.29 bits per heavy atom. The lowest BCUT2D eigenvalue weighted by atomic mass is 9.91. The van der Waals surface area contributed by atoms with Crippen molar-refractivity contribution in [3.63, 3.8) is 0 Å². The number of carbonyl (C=O) groups is 6. The van der Waals surface area contributed by atoms with Gasteiger partial charge in [-0.05, 0) is 61.4 Å². The molecule has 3 fully saturated rings. The van der Waals surface area contributed by atoms with Crippen LogP contribution in [0.2, 0.25) is 0 Å². The van der Waals surface area contributed by atoms with Crippen LogP contribution in [0.1, 0.15) is 56.2 Å². The van der Waals surface area contributed by atoms with Crippen LogP contribution in [-0.4, -0.2) is 109 Å². The average Bonchev–Trinajstić information content (AvgIpc) is 3.50. The number of hydrogen-bond acceptors (Lipinski definition) is 8. The molecule has 1 aliphatic carbocycles. The van der Waals surface area contributed by atoms with Gasteiger partial charge < -0.3 is 40.5 Å². The van der Waals surface area contributed by atoms with Gasteiger partial charge in [-0.3, -0.25) is 19.2 Å². The van der Waals surface area contributed by atoms with Crippen LogP contribution in [0.4, 0.5) is 9.59 Å². The molecule has 7 rings (SSSR count). The first-order chi connectivity index (χ1) is 26.4. The number of ether oxygens (including phenoxy) is 2. The first-order valence-electron chi connectivity index (χ1n) is 18.6. The van der Waals surface area contributed by atoms with E-state index < -0.39 is 54.6 Å². The maximum atomic E-state index is 13.4. The highest BCUT2D eigenvalue weighted by Gasteiger charge is 2.44. The quantitative estimate of drug-likeness (QED) is 0.218. The van der Waals surface area contributed by atoms with Gasteiger partial charge in [0, 0.05) is 31.5 Å². The molecule has 14 heteroatoms. The molecule has 3 saturated heterocycles. The first-order valence-corrected chi connectivity index (χ1v) is 18.6. The molecular formula is C41H48N6O8. The van der Waals surface area contributed by atoms with Crippen molar-refractivity contribution in [3.8, 4) is 11.1 Å². The van der Waals surface area contributed by atoms with Gasteiger partial charge >= 0.3 is 12.2 Å². The van der Waals surface area contributed by atoms with Crippen LogP contribution in [0.25, 0.3) is 11.1 Å².